The Bertz CT molecular complexity index is 941. The highest BCUT2D eigenvalue weighted by Gasteiger charge is 2.58. The number of amides is 2. The van der Waals surface area contributed by atoms with Crippen LogP contribution in [0, 0.1) is 11.3 Å². The van der Waals surface area contributed by atoms with Crippen LogP contribution in [0.4, 0.5) is 0 Å². The van der Waals surface area contributed by atoms with Crippen LogP contribution in [0.25, 0.3) is 10.8 Å². The van der Waals surface area contributed by atoms with E-state index >= 15 is 0 Å². The molecular weight excluding hydrogens is 398 g/mol. The molecule has 2 atom stereocenters. The van der Waals surface area contributed by atoms with Gasteiger partial charge in [0.2, 0.25) is 5.91 Å². The summed E-state index contributed by atoms with van der Waals surface area (Å²) in [6.07, 6.45) is 5.19. The quantitative estimate of drug-likeness (QED) is 0.789. The Morgan fingerprint density at radius 1 is 1.07 bits per heavy atom. The molecule has 6 heteroatoms. The van der Waals surface area contributed by atoms with E-state index in [4.69, 9.17) is 0 Å². The van der Waals surface area contributed by atoms with Crippen molar-refractivity contribution in [2.75, 3.05) is 26.2 Å². The van der Waals surface area contributed by atoms with Gasteiger partial charge in [-0.2, -0.15) is 0 Å². The molecule has 1 saturated carbocycles. The van der Waals surface area contributed by atoms with E-state index in [0.717, 1.165) is 62.5 Å². The van der Waals surface area contributed by atoms with Crippen LogP contribution in [0.15, 0.2) is 42.5 Å². The van der Waals surface area contributed by atoms with Gasteiger partial charge >= 0.3 is 0 Å². The maximum absolute atomic E-state index is 13.1. The fourth-order valence-corrected chi connectivity index (χ4v) is 5.29. The van der Waals surface area contributed by atoms with Crippen molar-refractivity contribution in [2.45, 2.75) is 38.1 Å². The number of hydrogen-bond donors (Lipinski definition) is 2. The summed E-state index contributed by atoms with van der Waals surface area (Å²) in [5.74, 6) is 0.479. The summed E-state index contributed by atoms with van der Waals surface area (Å²) < 4.78 is 0. The van der Waals surface area contributed by atoms with Crippen LogP contribution in [-0.2, 0) is 4.79 Å². The summed E-state index contributed by atoms with van der Waals surface area (Å²) in [6, 6.07) is 13.9. The minimum atomic E-state index is -0.0451. The van der Waals surface area contributed by atoms with E-state index in [2.05, 4.69) is 16.7 Å². The normalized spacial score (nSPS) is 24.9. The molecule has 2 aliphatic heterocycles. The van der Waals surface area contributed by atoms with E-state index in [1.54, 1.807) is 0 Å². The molecule has 160 valence electrons. The number of benzene rings is 2. The van der Waals surface area contributed by atoms with Gasteiger partial charge < -0.3 is 15.5 Å². The maximum Gasteiger partial charge on any atom is 0.251 e. The van der Waals surface area contributed by atoms with Crippen LogP contribution in [0.1, 0.15) is 42.5 Å². The number of nitrogens with one attached hydrogen (secondary N) is 2. The topological polar surface area (TPSA) is 61.4 Å². The van der Waals surface area contributed by atoms with Crippen LogP contribution in [0.2, 0.25) is 0 Å². The van der Waals surface area contributed by atoms with Crippen LogP contribution in [-0.4, -0.2) is 48.9 Å². The van der Waals surface area contributed by atoms with E-state index in [0.29, 0.717) is 18.0 Å². The zero-order valence-corrected chi connectivity index (χ0v) is 18.0. The van der Waals surface area contributed by atoms with E-state index in [9.17, 15) is 9.59 Å². The smallest absolute Gasteiger partial charge is 0.251 e. The molecule has 30 heavy (non-hydrogen) atoms. The molecule has 2 saturated heterocycles. The van der Waals surface area contributed by atoms with E-state index in [1.165, 1.54) is 0 Å². The standard InChI is InChI=1S/C24H29N3O2.ClH/c28-22(19-8-7-17-4-1-2-5-18(17)14-19)26-20-6-3-13-27(16-20)23(29)21-15-24(21)9-11-25-12-10-24;/h1-2,4-5,7-8,14,20-21,25H,3,6,9-13,15-16H2,(H,26,28);1H. The maximum atomic E-state index is 13.1. The Hall–Kier alpha value is -2.11. The molecule has 0 radical (unpaired) electrons. The zero-order chi connectivity index (χ0) is 19.8. The molecule has 3 aliphatic rings. The fraction of sp³-hybridized carbons (Fsp3) is 0.500. The monoisotopic (exact) mass is 427 g/mol. The highest BCUT2D eigenvalue weighted by molar-refractivity contribution is 5.98. The first-order valence-electron chi connectivity index (χ1n) is 10.9. The second-order valence-electron chi connectivity index (χ2n) is 9.03. The largest absolute Gasteiger partial charge is 0.348 e. The highest BCUT2D eigenvalue weighted by Crippen LogP contribution is 2.59. The third kappa shape index (κ3) is 4.06. The summed E-state index contributed by atoms with van der Waals surface area (Å²) in [6.45, 7) is 3.54. The minimum absolute atomic E-state index is 0. The lowest BCUT2D eigenvalue weighted by Gasteiger charge is -2.34. The SMILES string of the molecule is Cl.O=C(NC1CCCN(C(=O)C2CC23CCNCC3)C1)c1ccc2ccccc2c1. The number of halogens is 1. The highest BCUT2D eigenvalue weighted by atomic mass is 35.5. The van der Waals surface area contributed by atoms with Crippen LogP contribution in [0.5, 0.6) is 0 Å². The molecule has 1 aliphatic carbocycles. The van der Waals surface area contributed by atoms with Gasteiger partial charge in [0.25, 0.3) is 5.91 Å². The lowest BCUT2D eigenvalue weighted by atomic mass is 9.91. The predicted molar refractivity (Wildman–Crippen MR) is 121 cm³/mol. The second kappa shape index (κ2) is 8.56. The number of nitrogens with zero attached hydrogens (tertiary/aromatic N) is 1. The Kier molecular flexibility index (Phi) is 6.03. The number of piperidine rings is 2. The van der Waals surface area contributed by atoms with Crippen LogP contribution in [0.3, 0.4) is 0 Å². The van der Waals surface area contributed by atoms with Crippen LogP contribution >= 0.6 is 12.4 Å². The minimum Gasteiger partial charge on any atom is -0.348 e. The summed E-state index contributed by atoms with van der Waals surface area (Å²) in [4.78, 5) is 27.9. The van der Waals surface area contributed by atoms with Gasteiger partial charge in [-0.3, -0.25) is 9.59 Å². The molecule has 1 spiro atoms. The molecule has 0 aromatic heterocycles. The van der Waals surface area contributed by atoms with Gasteiger partial charge in [-0.25, -0.2) is 0 Å². The van der Waals surface area contributed by atoms with Crippen molar-refractivity contribution in [3.05, 3.63) is 48.0 Å². The van der Waals surface area contributed by atoms with E-state index in [1.807, 2.05) is 41.3 Å². The molecule has 2 heterocycles. The first-order chi connectivity index (χ1) is 14.1. The van der Waals surface area contributed by atoms with Crippen molar-refractivity contribution in [1.29, 1.82) is 0 Å². The summed E-state index contributed by atoms with van der Waals surface area (Å²) >= 11 is 0. The van der Waals surface area contributed by atoms with Gasteiger partial charge in [0.15, 0.2) is 0 Å². The molecule has 2 amide bonds. The molecule has 2 aromatic rings. The number of carbonyl (C=O) groups is 2. The average Bonchev–Trinajstić information content (AvgIpc) is 3.46. The van der Waals surface area contributed by atoms with Crippen molar-refractivity contribution in [2.24, 2.45) is 11.3 Å². The number of carbonyl (C=O) groups excluding carboxylic acids is 2. The number of rotatable bonds is 3. The first-order valence-corrected chi connectivity index (χ1v) is 10.9. The van der Waals surface area contributed by atoms with Crippen molar-refractivity contribution in [1.82, 2.24) is 15.5 Å². The van der Waals surface area contributed by atoms with E-state index < -0.39 is 0 Å². The average molecular weight is 428 g/mol. The Balaban J connectivity index is 0.00000218. The number of likely N-dealkylation sites (tertiary alicyclic amines) is 1. The molecule has 3 fully saturated rings. The van der Waals surface area contributed by atoms with Crippen LogP contribution < -0.4 is 10.6 Å². The number of hydrogen-bond acceptors (Lipinski definition) is 3. The van der Waals surface area contributed by atoms with Gasteiger partial charge in [-0.15, -0.1) is 12.4 Å². The molecule has 0 bridgehead atoms. The fourth-order valence-electron chi connectivity index (χ4n) is 5.29. The summed E-state index contributed by atoms with van der Waals surface area (Å²) in [7, 11) is 0. The van der Waals surface area contributed by atoms with Gasteiger partial charge in [0.05, 0.1) is 0 Å². The van der Waals surface area contributed by atoms with Crippen molar-refractivity contribution < 1.29 is 9.59 Å². The van der Waals surface area contributed by atoms with Crippen molar-refractivity contribution in [3.63, 3.8) is 0 Å². The first kappa shape index (κ1) is 21.1. The summed E-state index contributed by atoms with van der Waals surface area (Å²) in [5, 5.41) is 8.78. The Morgan fingerprint density at radius 2 is 1.83 bits per heavy atom. The second-order valence-corrected chi connectivity index (χ2v) is 9.03. The Labute approximate surface area is 184 Å². The molecular formula is C24H30ClN3O2. The lowest BCUT2D eigenvalue weighted by Crippen LogP contribution is -2.50. The third-order valence-electron chi connectivity index (χ3n) is 7.17. The van der Waals surface area contributed by atoms with Gasteiger partial charge in [-0.05, 0) is 73.5 Å². The molecule has 5 rings (SSSR count). The summed E-state index contributed by atoms with van der Waals surface area (Å²) in [5.41, 5.74) is 0.951. The van der Waals surface area contributed by atoms with Gasteiger partial charge in [-0.1, -0.05) is 30.3 Å². The van der Waals surface area contributed by atoms with Gasteiger partial charge in [0, 0.05) is 30.6 Å². The lowest BCUT2D eigenvalue weighted by molar-refractivity contribution is -0.135. The molecule has 5 nitrogen and oxygen atoms in total. The predicted octanol–water partition coefficient (Wildman–Crippen LogP) is 3.37. The number of fused-ring (bicyclic) bond motifs is 1. The molecule has 2 unspecified atom stereocenters. The van der Waals surface area contributed by atoms with Gasteiger partial charge in [0.1, 0.15) is 0 Å². The molecule has 2 aromatic carbocycles. The Morgan fingerprint density at radius 3 is 2.63 bits per heavy atom. The molecule has 2 N–H and O–H groups in total. The third-order valence-corrected chi connectivity index (χ3v) is 7.17. The van der Waals surface area contributed by atoms with Crippen molar-refractivity contribution >= 4 is 35.0 Å². The zero-order valence-electron chi connectivity index (χ0n) is 17.2. The van der Waals surface area contributed by atoms with Crippen molar-refractivity contribution in [3.8, 4) is 0 Å². The van der Waals surface area contributed by atoms with E-state index in [-0.39, 0.29) is 35.7 Å².